The summed E-state index contributed by atoms with van der Waals surface area (Å²) in [6.07, 6.45) is 9.11. The highest BCUT2D eigenvalue weighted by atomic mass is 16.4. The standard InChI is InChI=1S/C22H22N4O2/c1-11-6-14(9-24-8-11)17-7-16-13(10-25-17)4-5-15-18(22(27)28)21(26-20(15)16)19(23)12-2-3-12/h6-10,12,19,26H,2-5,23H2,1H3,(H,27,28). The quantitative estimate of drug-likeness (QED) is 0.646. The first-order valence-electron chi connectivity index (χ1n) is 9.68. The SMILES string of the molecule is Cc1cncc(-c2cc3c(cn2)CCc2c-3[nH]c(C(N)C3CC3)c2C(=O)O)c1. The van der Waals surface area contributed by atoms with Gasteiger partial charge in [0.2, 0.25) is 0 Å². The van der Waals surface area contributed by atoms with Crippen molar-refractivity contribution in [1.29, 1.82) is 0 Å². The number of aromatic carboxylic acids is 1. The van der Waals surface area contributed by atoms with Crippen molar-refractivity contribution in [2.45, 2.75) is 38.6 Å². The van der Waals surface area contributed by atoms with Gasteiger partial charge in [-0.1, -0.05) is 0 Å². The van der Waals surface area contributed by atoms with E-state index in [1.54, 1.807) is 6.20 Å². The predicted molar refractivity (Wildman–Crippen MR) is 106 cm³/mol. The number of nitrogens with two attached hydrogens (primary N) is 1. The Kier molecular flexibility index (Phi) is 3.84. The third-order valence-corrected chi connectivity index (χ3v) is 5.88. The Balaban J connectivity index is 1.66. The number of nitrogens with zero attached hydrogens (tertiary/aromatic N) is 2. The molecule has 0 amide bonds. The van der Waals surface area contributed by atoms with Crippen LogP contribution < -0.4 is 5.73 Å². The van der Waals surface area contributed by atoms with Crippen molar-refractivity contribution < 1.29 is 9.90 Å². The number of pyridine rings is 2. The molecule has 6 heteroatoms. The Morgan fingerprint density at radius 3 is 2.79 bits per heavy atom. The molecule has 0 radical (unpaired) electrons. The Bertz CT molecular complexity index is 1100. The van der Waals surface area contributed by atoms with Crippen molar-refractivity contribution in [2.24, 2.45) is 11.7 Å². The molecule has 0 spiro atoms. The second-order valence-electron chi connectivity index (χ2n) is 7.91. The number of carbonyl (C=O) groups is 1. The van der Waals surface area contributed by atoms with Gasteiger partial charge < -0.3 is 15.8 Å². The maximum atomic E-state index is 12.0. The molecule has 1 fully saturated rings. The topological polar surface area (TPSA) is 105 Å². The van der Waals surface area contributed by atoms with Crippen molar-refractivity contribution in [2.75, 3.05) is 0 Å². The molecule has 2 aliphatic rings. The highest BCUT2D eigenvalue weighted by Gasteiger charge is 2.36. The molecule has 3 aromatic rings. The van der Waals surface area contributed by atoms with E-state index in [0.717, 1.165) is 58.5 Å². The maximum absolute atomic E-state index is 12.0. The van der Waals surface area contributed by atoms with Gasteiger partial charge in [-0.15, -0.1) is 0 Å². The third kappa shape index (κ3) is 2.72. The van der Waals surface area contributed by atoms with Crippen LogP contribution in [0.15, 0.2) is 30.7 Å². The number of carboxylic acids is 1. The lowest BCUT2D eigenvalue weighted by atomic mass is 9.88. The number of carboxylic acid groups (broad SMARTS) is 1. The predicted octanol–water partition coefficient (Wildman–Crippen LogP) is 3.65. The maximum Gasteiger partial charge on any atom is 0.337 e. The molecule has 142 valence electrons. The molecule has 0 aliphatic heterocycles. The molecule has 0 bridgehead atoms. The van der Waals surface area contributed by atoms with Crippen molar-refractivity contribution >= 4 is 5.97 Å². The number of nitrogens with one attached hydrogen (secondary N) is 1. The Morgan fingerprint density at radius 2 is 2.07 bits per heavy atom. The summed E-state index contributed by atoms with van der Waals surface area (Å²) in [4.78, 5) is 24.3. The van der Waals surface area contributed by atoms with Crippen LogP contribution in [0, 0.1) is 12.8 Å². The average Bonchev–Trinajstić information content (AvgIpc) is 3.45. The van der Waals surface area contributed by atoms with Crippen molar-refractivity contribution in [3.8, 4) is 22.5 Å². The van der Waals surface area contributed by atoms with E-state index < -0.39 is 5.97 Å². The molecule has 3 heterocycles. The zero-order chi connectivity index (χ0) is 19.4. The fourth-order valence-corrected chi connectivity index (χ4v) is 4.25. The molecule has 1 saturated carbocycles. The summed E-state index contributed by atoms with van der Waals surface area (Å²) in [7, 11) is 0. The van der Waals surface area contributed by atoms with Gasteiger partial charge in [0.15, 0.2) is 0 Å². The summed E-state index contributed by atoms with van der Waals surface area (Å²) in [6, 6.07) is 3.85. The van der Waals surface area contributed by atoms with Gasteiger partial charge in [-0.3, -0.25) is 9.97 Å². The molecule has 5 rings (SSSR count). The van der Waals surface area contributed by atoms with E-state index in [2.05, 4.69) is 21.0 Å². The number of aromatic amines is 1. The van der Waals surface area contributed by atoms with E-state index in [1.165, 1.54) is 0 Å². The molecule has 0 aromatic carbocycles. The Labute approximate surface area is 162 Å². The van der Waals surface area contributed by atoms with Gasteiger partial charge in [-0.05, 0) is 67.3 Å². The van der Waals surface area contributed by atoms with Gasteiger partial charge in [0.25, 0.3) is 0 Å². The average molecular weight is 374 g/mol. The molecular weight excluding hydrogens is 352 g/mol. The molecular formula is C22H22N4O2. The number of fused-ring (bicyclic) bond motifs is 3. The highest BCUT2D eigenvalue weighted by molar-refractivity contribution is 5.95. The number of hydrogen-bond donors (Lipinski definition) is 3. The lowest BCUT2D eigenvalue weighted by molar-refractivity contribution is 0.0694. The van der Waals surface area contributed by atoms with Crippen LogP contribution in [0.5, 0.6) is 0 Å². The monoisotopic (exact) mass is 374 g/mol. The van der Waals surface area contributed by atoms with Crippen LogP contribution in [-0.4, -0.2) is 26.0 Å². The first kappa shape index (κ1) is 17.1. The number of rotatable bonds is 4. The van der Waals surface area contributed by atoms with Crippen molar-refractivity contribution in [3.05, 3.63) is 58.7 Å². The zero-order valence-corrected chi connectivity index (χ0v) is 15.7. The molecule has 2 aliphatic carbocycles. The minimum absolute atomic E-state index is 0.248. The summed E-state index contributed by atoms with van der Waals surface area (Å²) in [5, 5.41) is 9.88. The van der Waals surface area contributed by atoms with Crippen LogP contribution in [0.3, 0.4) is 0 Å². The fraction of sp³-hybridized carbons (Fsp3) is 0.318. The largest absolute Gasteiger partial charge is 0.478 e. The molecule has 1 atom stereocenters. The van der Waals surface area contributed by atoms with E-state index in [0.29, 0.717) is 23.6 Å². The summed E-state index contributed by atoms with van der Waals surface area (Å²) in [5.74, 6) is -0.520. The van der Waals surface area contributed by atoms with Crippen LogP contribution in [0.25, 0.3) is 22.5 Å². The lowest BCUT2D eigenvalue weighted by Crippen LogP contribution is -2.17. The Morgan fingerprint density at radius 1 is 1.25 bits per heavy atom. The normalized spacial score (nSPS) is 16.4. The minimum Gasteiger partial charge on any atom is -0.478 e. The fourth-order valence-electron chi connectivity index (χ4n) is 4.25. The molecule has 28 heavy (non-hydrogen) atoms. The number of H-pyrrole nitrogens is 1. The van der Waals surface area contributed by atoms with Crippen LogP contribution in [0.1, 0.15) is 51.6 Å². The van der Waals surface area contributed by atoms with E-state index in [1.807, 2.05) is 25.4 Å². The van der Waals surface area contributed by atoms with E-state index in [9.17, 15) is 9.90 Å². The van der Waals surface area contributed by atoms with Gasteiger partial charge in [-0.25, -0.2) is 4.79 Å². The van der Waals surface area contributed by atoms with Crippen LogP contribution in [0.2, 0.25) is 0 Å². The van der Waals surface area contributed by atoms with E-state index in [-0.39, 0.29) is 6.04 Å². The molecule has 0 saturated heterocycles. The highest BCUT2D eigenvalue weighted by Crippen LogP contribution is 2.44. The summed E-state index contributed by atoms with van der Waals surface area (Å²) in [5.41, 5.74) is 14.2. The molecule has 6 nitrogen and oxygen atoms in total. The lowest BCUT2D eigenvalue weighted by Gasteiger charge is -2.17. The third-order valence-electron chi connectivity index (χ3n) is 5.88. The second-order valence-corrected chi connectivity index (χ2v) is 7.91. The van der Waals surface area contributed by atoms with E-state index >= 15 is 0 Å². The summed E-state index contributed by atoms with van der Waals surface area (Å²) >= 11 is 0. The van der Waals surface area contributed by atoms with Crippen molar-refractivity contribution in [3.63, 3.8) is 0 Å². The van der Waals surface area contributed by atoms with Gasteiger partial charge in [0.1, 0.15) is 0 Å². The zero-order valence-electron chi connectivity index (χ0n) is 15.7. The van der Waals surface area contributed by atoms with E-state index in [4.69, 9.17) is 5.73 Å². The number of aryl methyl sites for hydroxylation is 2. The van der Waals surface area contributed by atoms with Gasteiger partial charge in [0.05, 0.1) is 17.0 Å². The Hall–Kier alpha value is -2.99. The van der Waals surface area contributed by atoms with Crippen LogP contribution >= 0.6 is 0 Å². The molecule has 3 aromatic heterocycles. The minimum atomic E-state index is -0.899. The van der Waals surface area contributed by atoms with Gasteiger partial charge in [0, 0.05) is 41.5 Å². The summed E-state index contributed by atoms with van der Waals surface area (Å²) in [6.45, 7) is 2.00. The molecule has 1 unspecified atom stereocenters. The number of hydrogen-bond acceptors (Lipinski definition) is 4. The summed E-state index contributed by atoms with van der Waals surface area (Å²) < 4.78 is 0. The van der Waals surface area contributed by atoms with Crippen LogP contribution in [-0.2, 0) is 12.8 Å². The van der Waals surface area contributed by atoms with Crippen LogP contribution in [0.4, 0.5) is 0 Å². The first-order chi connectivity index (χ1) is 13.5. The second kappa shape index (κ2) is 6.27. The first-order valence-corrected chi connectivity index (χ1v) is 9.68. The van der Waals surface area contributed by atoms with Gasteiger partial charge in [-0.2, -0.15) is 0 Å². The number of aromatic nitrogens is 3. The molecule has 4 N–H and O–H groups in total. The smallest absolute Gasteiger partial charge is 0.337 e. The van der Waals surface area contributed by atoms with Gasteiger partial charge >= 0.3 is 5.97 Å². The van der Waals surface area contributed by atoms with Crippen molar-refractivity contribution in [1.82, 2.24) is 15.0 Å².